The number of nitrogens with one attached hydrogen (secondary N) is 2. The summed E-state index contributed by atoms with van der Waals surface area (Å²) < 4.78 is 8.31. The minimum atomic E-state index is -0.386. The van der Waals surface area contributed by atoms with Crippen LogP contribution in [0.4, 0.5) is 0 Å². The fourth-order valence-corrected chi connectivity index (χ4v) is 5.30. The smallest absolute Gasteiger partial charge is 0.259 e. The van der Waals surface area contributed by atoms with Gasteiger partial charge in [-0.05, 0) is 56.9 Å². The Labute approximate surface area is 226 Å². The van der Waals surface area contributed by atoms with Crippen LogP contribution >= 0.6 is 0 Å². The van der Waals surface area contributed by atoms with Crippen LogP contribution in [-0.2, 0) is 22.7 Å². The molecule has 3 aromatic carbocycles. The summed E-state index contributed by atoms with van der Waals surface area (Å²) in [6.07, 6.45) is 4.76. The maximum absolute atomic E-state index is 13.3. The number of para-hydroxylation sites is 1. The Hall–Kier alpha value is -4.62. The first-order chi connectivity index (χ1) is 19.0. The third-order valence-electron chi connectivity index (χ3n) is 7.16. The molecule has 7 heteroatoms. The molecule has 0 saturated heterocycles. The molecule has 0 radical (unpaired) electrons. The van der Waals surface area contributed by atoms with Crippen LogP contribution in [0.1, 0.15) is 23.1 Å². The second kappa shape index (κ2) is 10.3. The molecule has 1 aliphatic heterocycles. The highest BCUT2D eigenvalue weighted by Crippen LogP contribution is 2.39. The minimum absolute atomic E-state index is 0.384. The van der Waals surface area contributed by atoms with Crippen molar-refractivity contribution >= 4 is 44.8 Å². The van der Waals surface area contributed by atoms with Crippen molar-refractivity contribution in [2.45, 2.75) is 19.6 Å². The molecule has 0 unspecified atom stereocenters. The number of amides is 2. The third-order valence-corrected chi connectivity index (χ3v) is 7.16. The topological polar surface area (TPSA) is 79.4 Å². The lowest BCUT2D eigenvalue weighted by atomic mass is 9.95. The van der Waals surface area contributed by atoms with Gasteiger partial charge in [0, 0.05) is 51.9 Å². The van der Waals surface area contributed by atoms with Crippen LogP contribution in [0.15, 0.2) is 85.2 Å². The van der Waals surface area contributed by atoms with Gasteiger partial charge in [0.25, 0.3) is 11.8 Å². The molecule has 1 aliphatic rings. The van der Waals surface area contributed by atoms with Crippen molar-refractivity contribution in [2.75, 3.05) is 20.6 Å². The molecule has 2 aromatic heterocycles. The van der Waals surface area contributed by atoms with E-state index < -0.39 is 0 Å². The van der Waals surface area contributed by atoms with Gasteiger partial charge in [-0.25, -0.2) is 0 Å². The van der Waals surface area contributed by atoms with Crippen molar-refractivity contribution in [3.63, 3.8) is 0 Å². The molecule has 0 spiro atoms. The van der Waals surface area contributed by atoms with Gasteiger partial charge >= 0.3 is 0 Å². The van der Waals surface area contributed by atoms with E-state index in [1.807, 2.05) is 85.2 Å². The average molecular weight is 519 g/mol. The summed E-state index contributed by atoms with van der Waals surface area (Å²) in [7, 11) is 4.12. The van der Waals surface area contributed by atoms with E-state index in [2.05, 4.69) is 33.9 Å². The molecule has 0 atom stereocenters. The molecule has 0 bridgehead atoms. The largest absolute Gasteiger partial charge is 0.489 e. The van der Waals surface area contributed by atoms with E-state index in [1.165, 1.54) is 0 Å². The minimum Gasteiger partial charge on any atom is -0.489 e. The number of carbonyl (C=O) groups is 2. The van der Waals surface area contributed by atoms with E-state index in [0.717, 1.165) is 52.4 Å². The number of nitrogens with zero attached hydrogens (tertiary/aromatic N) is 2. The predicted molar refractivity (Wildman–Crippen MR) is 154 cm³/mol. The Kier molecular flexibility index (Phi) is 6.50. The molecule has 7 nitrogen and oxygen atoms in total. The molecule has 0 aliphatic carbocycles. The summed E-state index contributed by atoms with van der Waals surface area (Å²) in [4.78, 5) is 31.9. The molecular weight excluding hydrogens is 488 g/mol. The van der Waals surface area contributed by atoms with E-state index >= 15 is 0 Å². The van der Waals surface area contributed by atoms with Gasteiger partial charge in [0.15, 0.2) is 0 Å². The number of aromatic amines is 1. The Morgan fingerprint density at radius 1 is 0.846 bits per heavy atom. The Morgan fingerprint density at radius 2 is 1.59 bits per heavy atom. The van der Waals surface area contributed by atoms with Crippen LogP contribution in [0.2, 0.25) is 0 Å². The Morgan fingerprint density at radius 3 is 2.38 bits per heavy atom. The molecule has 0 fully saturated rings. The lowest BCUT2D eigenvalue weighted by Gasteiger charge is -2.11. The van der Waals surface area contributed by atoms with Gasteiger partial charge in [-0.3, -0.25) is 14.9 Å². The summed E-state index contributed by atoms with van der Waals surface area (Å²) in [5, 5.41) is 4.33. The van der Waals surface area contributed by atoms with E-state index in [4.69, 9.17) is 4.74 Å². The van der Waals surface area contributed by atoms with Gasteiger partial charge in [-0.15, -0.1) is 0 Å². The molecule has 2 amide bonds. The van der Waals surface area contributed by atoms with Crippen molar-refractivity contribution in [3.05, 3.63) is 102 Å². The number of fused-ring (bicyclic) bond motifs is 2. The number of aryl methyl sites for hydroxylation is 1. The molecule has 196 valence electrons. The monoisotopic (exact) mass is 518 g/mol. The summed E-state index contributed by atoms with van der Waals surface area (Å²) in [6.45, 7) is 2.16. The van der Waals surface area contributed by atoms with E-state index in [-0.39, 0.29) is 11.8 Å². The molecule has 0 saturated carbocycles. The van der Waals surface area contributed by atoms with Crippen LogP contribution < -0.4 is 10.1 Å². The number of imide groups is 1. The number of carbonyl (C=O) groups excluding carboxylic acids is 2. The summed E-state index contributed by atoms with van der Waals surface area (Å²) in [5.74, 6) is -0.0643. The lowest BCUT2D eigenvalue weighted by Crippen LogP contribution is -2.22. The molecule has 2 N–H and O–H groups in total. The van der Waals surface area contributed by atoms with E-state index in [1.54, 1.807) is 0 Å². The van der Waals surface area contributed by atoms with Crippen LogP contribution in [0.3, 0.4) is 0 Å². The Balaban J connectivity index is 1.48. The summed E-state index contributed by atoms with van der Waals surface area (Å²) >= 11 is 0. The van der Waals surface area contributed by atoms with Gasteiger partial charge in [-0.1, -0.05) is 48.5 Å². The fourth-order valence-electron chi connectivity index (χ4n) is 5.30. The highest BCUT2D eigenvalue weighted by molar-refractivity contribution is 6.50. The van der Waals surface area contributed by atoms with Crippen molar-refractivity contribution < 1.29 is 14.3 Å². The fraction of sp³-hybridized carbons (Fsp3) is 0.188. The van der Waals surface area contributed by atoms with Gasteiger partial charge in [0.1, 0.15) is 12.4 Å². The first-order valence-corrected chi connectivity index (χ1v) is 13.1. The van der Waals surface area contributed by atoms with Gasteiger partial charge in [0.2, 0.25) is 0 Å². The Bertz CT molecular complexity index is 1730. The quantitative estimate of drug-likeness (QED) is 0.262. The summed E-state index contributed by atoms with van der Waals surface area (Å²) in [5.41, 5.74) is 5.20. The molecule has 3 heterocycles. The second-order valence-electron chi connectivity index (χ2n) is 10.1. The van der Waals surface area contributed by atoms with Gasteiger partial charge < -0.3 is 19.2 Å². The lowest BCUT2D eigenvalue weighted by molar-refractivity contribution is -0.122. The average Bonchev–Trinajstić information content (AvgIpc) is 3.60. The van der Waals surface area contributed by atoms with Crippen LogP contribution in [0.5, 0.6) is 5.75 Å². The van der Waals surface area contributed by atoms with Crippen molar-refractivity contribution in [2.24, 2.45) is 0 Å². The molecule has 39 heavy (non-hydrogen) atoms. The number of benzene rings is 3. The number of rotatable bonds is 9. The number of aromatic nitrogens is 2. The van der Waals surface area contributed by atoms with Crippen molar-refractivity contribution in [3.8, 4) is 5.75 Å². The van der Waals surface area contributed by atoms with Gasteiger partial charge in [0.05, 0.1) is 11.1 Å². The van der Waals surface area contributed by atoms with Crippen molar-refractivity contribution in [1.82, 2.24) is 19.8 Å². The zero-order valence-electron chi connectivity index (χ0n) is 22.0. The molecular formula is C32H30N4O3. The predicted octanol–water partition coefficient (Wildman–Crippen LogP) is 5.22. The zero-order valence-corrected chi connectivity index (χ0v) is 22.0. The number of H-pyrrole nitrogens is 1. The highest BCUT2D eigenvalue weighted by atomic mass is 16.5. The van der Waals surface area contributed by atoms with Crippen molar-refractivity contribution in [1.29, 1.82) is 0 Å². The molecule has 5 aromatic rings. The van der Waals surface area contributed by atoms with E-state index in [0.29, 0.717) is 29.1 Å². The number of ether oxygens (including phenoxy) is 1. The highest BCUT2D eigenvalue weighted by Gasteiger charge is 2.35. The SMILES string of the molecule is CN(C)CCCn1cc(C2=C(c3c[nH]c4ccccc34)C(=O)NC2=O)c2cc(OCc3ccccc3)ccc21. The normalized spacial score (nSPS) is 13.7. The third kappa shape index (κ3) is 4.73. The first kappa shape index (κ1) is 24.7. The molecule has 6 rings (SSSR count). The van der Waals surface area contributed by atoms with Gasteiger partial charge in [-0.2, -0.15) is 0 Å². The second-order valence-corrected chi connectivity index (χ2v) is 10.1. The first-order valence-electron chi connectivity index (χ1n) is 13.1. The zero-order chi connectivity index (χ0) is 26.9. The summed E-state index contributed by atoms with van der Waals surface area (Å²) in [6, 6.07) is 23.8. The maximum Gasteiger partial charge on any atom is 0.259 e. The van der Waals surface area contributed by atoms with Crippen LogP contribution in [-0.4, -0.2) is 46.9 Å². The van der Waals surface area contributed by atoms with Crippen LogP contribution in [0.25, 0.3) is 33.0 Å². The van der Waals surface area contributed by atoms with Crippen LogP contribution in [0, 0.1) is 0 Å². The number of hydrogen-bond donors (Lipinski definition) is 2. The standard InChI is InChI=1S/C32H30N4O3/c1-35(2)15-8-16-36-19-26(24-17-22(13-14-28(24)36)39-20-21-9-4-3-5-10-21)30-29(31(37)34-32(30)38)25-18-33-27-12-7-6-11-23(25)27/h3-7,9-14,17-19,33H,8,15-16,20H2,1-2H3,(H,34,37,38). The maximum atomic E-state index is 13.3. The number of hydrogen-bond acceptors (Lipinski definition) is 4. The van der Waals surface area contributed by atoms with E-state index in [9.17, 15) is 9.59 Å².